The molecule has 0 saturated carbocycles. The number of benzene rings is 1. The van der Waals surface area contributed by atoms with Crippen molar-refractivity contribution < 1.29 is 27.1 Å². The molecule has 2 aromatic rings. The van der Waals surface area contributed by atoms with E-state index in [0.717, 1.165) is 6.07 Å². The van der Waals surface area contributed by atoms with Gasteiger partial charge in [0, 0.05) is 45.5 Å². The van der Waals surface area contributed by atoms with Crippen LogP contribution in [0.3, 0.4) is 0 Å². The van der Waals surface area contributed by atoms with Gasteiger partial charge in [-0.2, -0.15) is 13.2 Å². The molecule has 1 aliphatic heterocycles. The number of alkyl halides is 3. The van der Waals surface area contributed by atoms with Crippen molar-refractivity contribution in [1.82, 2.24) is 15.2 Å². The molecule has 0 radical (unpaired) electrons. The third-order valence-electron chi connectivity index (χ3n) is 4.65. The topological polar surface area (TPSA) is 70.8 Å². The molecule has 10 heteroatoms. The van der Waals surface area contributed by atoms with Gasteiger partial charge in [0.05, 0.1) is 18.7 Å². The van der Waals surface area contributed by atoms with E-state index in [0.29, 0.717) is 57.5 Å². The SMILES string of the molecule is COCCNC(=O)c1coc(CN2CCN(c3cccc(C(F)(F)F)c3)CC2)n1. The molecule has 29 heavy (non-hydrogen) atoms. The number of halogens is 3. The highest BCUT2D eigenvalue weighted by Crippen LogP contribution is 2.31. The molecule has 158 valence electrons. The van der Waals surface area contributed by atoms with Crippen molar-refractivity contribution in [3.05, 3.63) is 47.7 Å². The second-order valence-electron chi connectivity index (χ2n) is 6.69. The second kappa shape index (κ2) is 9.27. The van der Waals surface area contributed by atoms with Crippen LogP contribution >= 0.6 is 0 Å². The van der Waals surface area contributed by atoms with E-state index in [1.165, 1.54) is 18.4 Å². The summed E-state index contributed by atoms with van der Waals surface area (Å²) in [4.78, 5) is 20.1. The molecule has 1 N–H and O–H groups in total. The second-order valence-corrected chi connectivity index (χ2v) is 6.69. The van der Waals surface area contributed by atoms with Gasteiger partial charge in [0.25, 0.3) is 5.91 Å². The quantitative estimate of drug-likeness (QED) is 0.705. The number of amides is 1. The van der Waals surface area contributed by atoms with Crippen LogP contribution in [-0.4, -0.2) is 62.2 Å². The molecule has 1 aromatic heterocycles. The third kappa shape index (κ3) is 5.70. The van der Waals surface area contributed by atoms with Crippen LogP contribution in [-0.2, 0) is 17.5 Å². The lowest BCUT2D eigenvalue weighted by atomic mass is 10.1. The molecule has 0 aliphatic carbocycles. The van der Waals surface area contributed by atoms with Gasteiger partial charge >= 0.3 is 6.18 Å². The van der Waals surface area contributed by atoms with Gasteiger partial charge in [0.2, 0.25) is 5.89 Å². The van der Waals surface area contributed by atoms with Gasteiger partial charge in [-0.05, 0) is 18.2 Å². The summed E-state index contributed by atoms with van der Waals surface area (Å²) < 4.78 is 49.0. The molecule has 0 atom stereocenters. The van der Waals surface area contributed by atoms with Crippen molar-refractivity contribution in [3.8, 4) is 0 Å². The molecule has 0 spiro atoms. The average Bonchev–Trinajstić information content (AvgIpc) is 3.17. The van der Waals surface area contributed by atoms with E-state index in [2.05, 4.69) is 15.2 Å². The Hall–Kier alpha value is -2.59. The van der Waals surface area contributed by atoms with Crippen LogP contribution in [0.2, 0.25) is 0 Å². The highest BCUT2D eigenvalue weighted by Gasteiger charge is 2.31. The Morgan fingerprint density at radius 3 is 2.72 bits per heavy atom. The van der Waals surface area contributed by atoms with E-state index in [4.69, 9.17) is 9.15 Å². The van der Waals surface area contributed by atoms with Crippen LogP contribution in [0.1, 0.15) is 21.9 Å². The Kier molecular flexibility index (Phi) is 6.75. The Labute approximate surface area is 166 Å². The van der Waals surface area contributed by atoms with Crippen LogP contribution in [0.25, 0.3) is 0 Å². The zero-order valence-corrected chi connectivity index (χ0v) is 16.0. The fourth-order valence-corrected chi connectivity index (χ4v) is 3.08. The Balaban J connectivity index is 1.51. The summed E-state index contributed by atoms with van der Waals surface area (Å²) in [5, 5.41) is 2.67. The molecule has 2 heterocycles. The summed E-state index contributed by atoms with van der Waals surface area (Å²) in [6.07, 6.45) is -3.04. The number of nitrogens with zero attached hydrogens (tertiary/aromatic N) is 3. The molecule has 1 aliphatic rings. The molecule has 3 rings (SSSR count). The fraction of sp³-hybridized carbons (Fsp3) is 0.474. The standard InChI is InChI=1S/C19H23F3N4O3/c1-28-10-5-23-18(27)16-13-29-17(24-16)12-25-6-8-26(9-7-25)15-4-2-3-14(11-15)19(20,21)22/h2-4,11,13H,5-10,12H2,1H3,(H,23,27). The van der Waals surface area contributed by atoms with Crippen LogP contribution in [0.15, 0.2) is 34.9 Å². The van der Waals surface area contributed by atoms with Gasteiger partial charge in [-0.1, -0.05) is 6.07 Å². The lowest BCUT2D eigenvalue weighted by Crippen LogP contribution is -2.46. The number of hydrogen-bond acceptors (Lipinski definition) is 6. The first kappa shape index (κ1) is 21.1. The first-order chi connectivity index (χ1) is 13.9. The molecule has 7 nitrogen and oxygen atoms in total. The molecule has 1 fully saturated rings. The first-order valence-corrected chi connectivity index (χ1v) is 9.23. The molecule has 1 amide bonds. The minimum atomic E-state index is -4.35. The number of hydrogen-bond donors (Lipinski definition) is 1. The van der Waals surface area contributed by atoms with Crippen molar-refractivity contribution in [1.29, 1.82) is 0 Å². The van der Waals surface area contributed by atoms with Gasteiger partial charge < -0.3 is 19.4 Å². The minimum absolute atomic E-state index is 0.207. The summed E-state index contributed by atoms with van der Waals surface area (Å²) in [5.74, 6) is 0.0980. The largest absolute Gasteiger partial charge is 0.447 e. The molecular formula is C19H23F3N4O3. The first-order valence-electron chi connectivity index (χ1n) is 9.23. The molecule has 1 aromatic carbocycles. The number of piperazine rings is 1. The Morgan fingerprint density at radius 1 is 1.28 bits per heavy atom. The van der Waals surface area contributed by atoms with E-state index in [9.17, 15) is 18.0 Å². The van der Waals surface area contributed by atoms with E-state index >= 15 is 0 Å². The van der Waals surface area contributed by atoms with Crippen LogP contribution in [0, 0.1) is 0 Å². The van der Waals surface area contributed by atoms with Crippen molar-refractivity contribution in [2.24, 2.45) is 0 Å². The highest BCUT2D eigenvalue weighted by atomic mass is 19.4. The van der Waals surface area contributed by atoms with Crippen molar-refractivity contribution >= 4 is 11.6 Å². The van der Waals surface area contributed by atoms with E-state index in [1.54, 1.807) is 13.2 Å². The van der Waals surface area contributed by atoms with E-state index in [1.807, 2.05) is 4.90 Å². The van der Waals surface area contributed by atoms with E-state index in [-0.39, 0.29) is 11.6 Å². The van der Waals surface area contributed by atoms with Gasteiger partial charge in [-0.25, -0.2) is 4.98 Å². The van der Waals surface area contributed by atoms with Gasteiger partial charge in [0.1, 0.15) is 6.26 Å². The maximum atomic E-state index is 12.9. The number of rotatable bonds is 7. The summed E-state index contributed by atoms with van der Waals surface area (Å²) in [5.41, 5.74) is 0.123. The zero-order valence-electron chi connectivity index (χ0n) is 16.0. The molecule has 1 saturated heterocycles. The number of carbonyl (C=O) groups is 1. The molecule has 0 unspecified atom stereocenters. The number of ether oxygens (including phenoxy) is 1. The summed E-state index contributed by atoms with van der Waals surface area (Å²) in [6, 6.07) is 5.37. The summed E-state index contributed by atoms with van der Waals surface area (Å²) >= 11 is 0. The highest BCUT2D eigenvalue weighted by molar-refractivity contribution is 5.91. The number of aromatic nitrogens is 1. The van der Waals surface area contributed by atoms with Crippen LogP contribution in [0.4, 0.5) is 18.9 Å². The normalized spacial score (nSPS) is 15.5. The Bertz CT molecular complexity index is 817. The number of oxazole rings is 1. The van der Waals surface area contributed by atoms with Crippen LogP contribution in [0.5, 0.6) is 0 Å². The van der Waals surface area contributed by atoms with Gasteiger partial charge in [0.15, 0.2) is 5.69 Å². The summed E-state index contributed by atoms with van der Waals surface area (Å²) in [7, 11) is 1.55. The minimum Gasteiger partial charge on any atom is -0.447 e. The predicted octanol–water partition coefficient (Wildman–Crippen LogP) is 2.39. The maximum Gasteiger partial charge on any atom is 0.416 e. The van der Waals surface area contributed by atoms with Crippen molar-refractivity contribution in [3.63, 3.8) is 0 Å². The van der Waals surface area contributed by atoms with E-state index < -0.39 is 11.7 Å². The zero-order chi connectivity index (χ0) is 20.9. The lowest BCUT2D eigenvalue weighted by Gasteiger charge is -2.35. The number of nitrogens with one attached hydrogen (secondary N) is 1. The summed E-state index contributed by atoms with van der Waals surface area (Å²) in [6.45, 7) is 3.70. The number of anilines is 1. The fourth-order valence-electron chi connectivity index (χ4n) is 3.08. The lowest BCUT2D eigenvalue weighted by molar-refractivity contribution is -0.137. The van der Waals surface area contributed by atoms with Gasteiger partial charge in [-0.15, -0.1) is 0 Å². The van der Waals surface area contributed by atoms with Crippen LogP contribution < -0.4 is 10.2 Å². The maximum absolute atomic E-state index is 12.9. The molecular weight excluding hydrogens is 389 g/mol. The molecule has 0 bridgehead atoms. The van der Waals surface area contributed by atoms with Gasteiger partial charge in [-0.3, -0.25) is 9.69 Å². The smallest absolute Gasteiger partial charge is 0.416 e. The number of carbonyl (C=O) groups excluding carboxylic acids is 1. The monoisotopic (exact) mass is 412 g/mol. The average molecular weight is 412 g/mol. The van der Waals surface area contributed by atoms with Crippen molar-refractivity contribution in [2.75, 3.05) is 51.3 Å². The number of methoxy groups -OCH3 is 1. The third-order valence-corrected chi connectivity index (χ3v) is 4.65. The van der Waals surface area contributed by atoms with Crippen molar-refractivity contribution in [2.45, 2.75) is 12.7 Å². The predicted molar refractivity (Wildman–Crippen MR) is 99.6 cm³/mol. The Morgan fingerprint density at radius 2 is 2.03 bits per heavy atom.